The molecule has 4 atom stereocenters. The van der Waals surface area contributed by atoms with E-state index in [2.05, 4.69) is 23.1 Å². The Bertz CT molecular complexity index is 1450. The van der Waals surface area contributed by atoms with E-state index in [1.165, 1.54) is 31.9 Å². The Kier molecular flexibility index (Phi) is 9.83. The van der Waals surface area contributed by atoms with Gasteiger partial charge in [-0.1, -0.05) is 37.5 Å². The summed E-state index contributed by atoms with van der Waals surface area (Å²) in [4.78, 5) is 29.9. The van der Waals surface area contributed by atoms with Crippen molar-refractivity contribution in [2.45, 2.75) is 44.1 Å². The van der Waals surface area contributed by atoms with Gasteiger partial charge in [-0.25, -0.2) is 9.93 Å². The largest absolute Gasteiger partial charge is 0.497 e. The van der Waals surface area contributed by atoms with E-state index in [1.807, 2.05) is 12.1 Å². The van der Waals surface area contributed by atoms with Crippen molar-refractivity contribution in [1.82, 2.24) is 9.21 Å². The van der Waals surface area contributed by atoms with Crippen molar-refractivity contribution in [3.63, 3.8) is 0 Å². The second-order valence-electron chi connectivity index (χ2n) is 12.3. The number of hydrogen-bond acceptors (Lipinski definition) is 7. The number of benzene rings is 1. The number of fused-ring (bicyclic) bond motifs is 5. The van der Waals surface area contributed by atoms with E-state index in [9.17, 15) is 23.1 Å². The molecule has 0 radical (unpaired) electrons. The molecule has 4 unspecified atom stereocenters. The number of carbonyl (C=O) groups is 2. The number of carboxylic acids is 1. The molecule has 1 fully saturated rings. The first-order chi connectivity index (χ1) is 21.0. The zero-order valence-electron chi connectivity index (χ0n) is 25.7. The molecule has 1 aromatic rings. The van der Waals surface area contributed by atoms with Crippen molar-refractivity contribution >= 4 is 27.8 Å². The van der Waals surface area contributed by atoms with Crippen molar-refractivity contribution in [1.29, 1.82) is 0 Å². The zero-order chi connectivity index (χ0) is 31.6. The normalized spacial score (nSPS) is 25.0. The summed E-state index contributed by atoms with van der Waals surface area (Å²) >= 11 is 0. The van der Waals surface area contributed by atoms with Gasteiger partial charge in [0.2, 0.25) is 0 Å². The molecule has 44 heavy (non-hydrogen) atoms. The molecular formula is C32H44N4O7S. The Balaban J connectivity index is 1.42. The molecule has 1 amide bonds. The first-order valence-corrected chi connectivity index (χ1v) is 16.9. The molecule has 240 valence electrons. The fraction of sp³-hybridized carbons (Fsp3) is 0.562. The van der Waals surface area contributed by atoms with E-state index in [0.717, 1.165) is 28.6 Å². The van der Waals surface area contributed by atoms with Crippen LogP contribution in [0, 0.1) is 17.8 Å². The van der Waals surface area contributed by atoms with Gasteiger partial charge in [0.05, 0.1) is 25.9 Å². The summed E-state index contributed by atoms with van der Waals surface area (Å²) in [7, 11) is 0.980. The number of anilines is 1. The first kappa shape index (κ1) is 32.2. The smallest absolute Gasteiger partial charge is 0.335 e. The second-order valence-corrected chi connectivity index (χ2v) is 14.0. The molecular weight excluding hydrogens is 584 g/mol. The second kappa shape index (κ2) is 13.4. The fourth-order valence-corrected chi connectivity index (χ4v) is 7.64. The number of amides is 1. The molecule has 0 aromatic heterocycles. The number of aromatic carboxylic acids is 1. The van der Waals surface area contributed by atoms with Gasteiger partial charge in [-0.3, -0.25) is 4.79 Å². The number of ether oxygens (including phenoxy) is 2. The van der Waals surface area contributed by atoms with Crippen molar-refractivity contribution < 1.29 is 32.6 Å². The third-order valence-electron chi connectivity index (χ3n) is 9.66. The number of nitrogens with zero attached hydrogens (tertiary/aromatic N) is 3. The highest BCUT2D eigenvalue weighted by atomic mass is 32.2. The van der Waals surface area contributed by atoms with Crippen LogP contribution >= 0.6 is 0 Å². The number of methoxy groups -OCH3 is 1. The summed E-state index contributed by atoms with van der Waals surface area (Å²) in [5.74, 6) is 0.385. The highest BCUT2D eigenvalue weighted by Crippen LogP contribution is 2.54. The maximum absolute atomic E-state index is 13.9. The van der Waals surface area contributed by atoms with Gasteiger partial charge in [-0.2, -0.15) is 12.7 Å². The van der Waals surface area contributed by atoms with E-state index in [0.29, 0.717) is 24.6 Å². The van der Waals surface area contributed by atoms with Crippen LogP contribution in [0.1, 0.15) is 53.9 Å². The topological polar surface area (TPSA) is 143 Å². The molecule has 11 nitrogen and oxygen atoms in total. The number of allylic oxidation sites excluding steroid dienone is 3. The van der Waals surface area contributed by atoms with Gasteiger partial charge in [0, 0.05) is 68.8 Å². The van der Waals surface area contributed by atoms with Gasteiger partial charge in [0.1, 0.15) is 5.76 Å². The number of nitrogens with two attached hydrogens (primary N) is 1. The van der Waals surface area contributed by atoms with Crippen LogP contribution in [-0.4, -0.2) is 94.7 Å². The quantitative estimate of drug-likeness (QED) is 0.356. The van der Waals surface area contributed by atoms with Crippen LogP contribution in [0.2, 0.25) is 0 Å². The standard InChI is InChI=1S/C32H44N4O7S/c1-34(13-15-43-16-14-35(2)44(33,40)41)31(37)24-17-23-18-25(42-3)10-12-26(23)30-29(21-7-5-4-6-8-21)27-11-9-22(32(38)39)19-28(27)36(30)20-24/h9-12,17-19,21,23,26,29-30H,4-8,13-16,20H2,1-3H3,(H,38,39)(H2,33,40,41). The van der Waals surface area contributed by atoms with Crippen molar-refractivity contribution in [3.05, 3.63) is 65.0 Å². The number of likely N-dealkylation sites (N-methyl/N-ethyl adjacent to an activating group) is 2. The third kappa shape index (κ3) is 6.73. The summed E-state index contributed by atoms with van der Waals surface area (Å²) in [6.45, 7) is 1.18. The summed E-state index contributed by atoms with van der Waals surface area (Å²) in [6.07, 6.45) is 14.3. The summed E-state index contributed by atoms with van der Waals surface area (Å²) < 4.78 is 35.0. The Morgan fingerprint density at radius 3 is 2.50 bits per heavy atom. The summed E-state index contributed by atoms with van der Waals surface area (Å²) in [5, 5.41) is 15.0. The van der Waals surface area contributed by atoms with Gasteiger partial charge in [-0.15, -0.1) is 0 Å². The monoisotopic (exact) mass is 628 g/mol. The van der Waals surface area contributed by atoms with Crippen LogP contribution in [0.15, 0.2) is 53.8 Å². The summed E-state index contributed by atoms with van der Waals surface area (Å²) in [5.41, 5.74) is 2.97. The highest BCUT2D eigenvalue weighted by Gasteiger charge is 2.49. The Morgan fingerprint density at radius 1 is 1.09 bits per heavy atom. The number of rotatable bonds is 11. The Hall–Kier alpha value is -3.19. The van der Waals surface area contributed by atoms with Crippen LogP contribution in [-0.2, 0) is 24.5 Å². The van der Waals surface area contributed by atoms with Crippen LogP contribution in [0.4, 0.5) is 5.69 Å². The maximum Gasteiger partial charge on any atom is 0.335 e. The molecule has 0 saturated heterocycles. The predicted molar refractivity (Wildman–Crippen MR) is 167 cm³/mol. The van der Waals surface area contributed by atoms with Crippen molar-refractivity contribution in [2.24, 2.45) is 22.9 Å². The first-order valence-electron chi connectivity index (χ1n) is 15.4. The van der Waals surface area contributed by atoms with Crippen LogP contribution < -0.4 is 10.0 Å². The zero-order valence-corrected chi connectivity index (χ0v) is 26.5. The number of carboxylic acid groups (broad SMARTS) is 1. The van der Waals surface area contributed by atoms with Gasteiger partial charge < -0.3 is 24.4 Å². The van der Waals surface area contributed by atoms with E-state index < -0.39 is 16.2 Å². The molecule has 2 heterocycles. The molecule has 3 N–H and O–H groups in total. The molecule has 5 rings (SSSR count). The lowest BCUT2D eigenvalue weighted by Crippen LogP contribution is -2.44. The van der Waals surface area contributed by atoms with Crippen LogP contribution in [0.25, 0.3) is 0 Å². The van der Waals surface area contributed by atoms with E-state index >= 15 is 0 Å². The Labute approximate surface area is 260 Å². The van der Waals surface area contributed by atoms with Crippen molar-refractivity contribution in [3.8, 4) is 0 Å². The Morgan fingerprint density at radius 2 is 1.82 bits per heavy atom. The molecule has 1 saturated carbocycles. The lowest BCUT2D eigenvalue weighted by molar-refractivity contribution is -0.126. The van der Waals surface area contributed by atoms with E-state index in [-0.39, 0.29) is 55.0 Å². The van der Waals surface area contributed by atoms with Gasteiger partial charge in [-0.05, 0) is 48.6 Å². The highest BCUT2D eigenvalue weighted by molar-refractivity contribution is 7.86. The number of hydrogen-bond donors (Lipinski definition) is 2. The van der Waals surface area contributed by atoms with E-state index in [4.69, 9.17) is 14.6 Å². The molecule has 0 bridgehead atoms. The molecule has 1 aromatic carbocycles. The van der Waals surface area contributed by atoms with Crippen molar-refractivity contribution in [2.75, 3.05) is 59.0 Å². The molecule has 4 aliphatic rings. The third-order valence-corrected chi connectivity index (χ3v) is 10.7. The van der Waals surface area contributed by atoms with E-state index in [1.54, 1.807) is 31.2 Å². The van der Waals surface area contributed by atoms with Crippen LogP contribution in [0.5, 0.6) is 0 Å². The average molecular weight is 629 g/mol. The minimum atomic E-state index is -3.78. The van der Waals surface area contributed by atoms with Gasteiger partial charge >= 0.3 is 5.97 Å². The average Bonchev–Trinajstić information content (AvgIpc) is 3.22. The lowest BCUT2D eigenvalue weighted by atomic mass is 9.69. The minimum Gasteiger partial charge on any atom is -0.497 e. The van der Waals surface area contributed by atoms with Crippen LogP contribution in [0.3, 0.4) is 0 Å². The maximum atomic E-state index is 13.9. The van der Waals surface area contributed by atoms with Gasteiger partial charge in [0.15, 0.2) is 0 Å². The number of carbonyl (C=O) groups excluding carboxylic acids is 1. The SMILES string of the molecule is COC1=CC2C=C(C(=O)N(C)CCOCCN(C)S(N)(=O)=O)CN3c4cc(C(=O)O)ccc4C(C4CCCCC4)C3C2C=C1. The summed E-state index contributed by atoms with van der Waals surface area (Å²) in [6, 6.07) is 5.58. The minimum absolute atomic E-state index is 0.0679. The van der Waals surface area contributed by atoms with Gasteiger partial charge in [0.25, 0.3) is 16.1 Å². The molecule has 2 aliphatic carbocycles. The fourth-order valence-electron chi connectivity index (χ4n) is 7.32. The lowest BCUT2D eigenvalue weighted by Gasteiger charge is -2.40. The molecule has 0 spiro atoms. The molecule has 12 heteroatoms. The predicted octanol–water partition coefficient (Wildman–Crippen LogP) is 3.12. The molecule has 2 aliphatic heterocycles.